The van der Waals surface area contributed by atoms with Gasteiger partial charge in [-0.2, -0.15) is 8.78 Å². The first-order valence-electron chi connectivity index (χ1n) is 13.2. The van der Waals surface area contributed by atoms with E-state index in [0.29, 0.717) is 25.8 Å². The summed E-state index contributed by atoms with van der Waals surface area (Å²) in [5.41, 5.74) is -0.338. The number of hydrogen-bond acceptors (Lipinski definition) is 6. The van der Waals surface area contributed by atoms with Crippen LogP contribution in [0.15, 0.2) is 54.6 Å². The quantitative estimate of drug-likeness (QED) is 0.225. The van der Waals surface area contributed by atoms with E-state index in [1.54, 1.807) is 18.2 Å². The zero-order valence-electron chi connectivity index (χ0n) is 22.1. The third kappa shape index (κ3) is 8.81. The number of hydrogen-bond donors (Lipinski definition) is 4. The predicted octanol–water partition coefficient (Wildman–Crippen LogP) is 5.11. The van der Waals surface area contributed by atoms with Gasteiger partial charge in [-0.25, -0.2) is 4.79 Å². The summed E-state index contributed by atoms with van der Waals surface area (Å²) in [6.45, 7) is 2.14. The SMILES string of the molecule is CCCC[C@H](SNC(=O)O[C@H](c1ccccc1)C(F)(F)c1cccc(Cl)c1)C(=O)N[C@H](CO)C[C@@H]1CCNC1=O. The summed E-state index contributed by atoms with van der Waals surface area (Å²) in [5.74, 6) is -4.48. The van der Waals surface area contributed by atoms with Crippen molar-refractivity contribution < 1.29 is 33.0 Å². The minimum Gasteiger partial charge on any atom is -0.434 e. The van der Waals surface area contributed by atoms with E-state index in [1.165, 1.54) is 30.3 Å². The van der Waals surface area contributed by atoms with Gasteiger partial charge in [-0.05, 0) is 48.9 Å². The van der Waals surface area contributed by atoms with E-state index >= 15 is 8.78 Å². The Morgan fingerprint density at radius 1 is 1.23 bits per heavy atom. The van der Waals surface area contributed by atoms with Crippen LogP contribution in [0.3, 0.4) is 0 Å². The van der Waals surface area contributed by atoms with Crippen LogP contribution in [0.4, 0.5) is 13.6 Å². The highest BCUT2D eigenvalue weighted by molar-refractivity contribution is 7.99. The Morgan fingerprint density at radius 2 is 1.98 bits per heavy atom. The summed E-state index contributed by atoms with van der Waals surface area (Å²) in [6, 6.07) is 12.2. The molecular formula is C28H34ClF2N3O5S. The molecule has 0 saturated carbocycles. The number of aliphatic hydroxyl groups is 1. The van der Waals surface area contributed by atoms with Gasteiger partial charge in [-0.3, -0.25) is 14.3 Å². The topological polar surface area (TPSA) is 117 Å². The Kier molecular flexibility index (Phi) is 12.0. The fourth-order valence-electron chi connectivity index (χ4n) is 4.40. The van der Waals surface area contributed by atoms with Crippen molar-refractivity contribution in [2.24, 2.45) is 5.92 Å². The molecule has 4 N–H and O–H groups in total. The molecule has 1 aliphatic heterocycles. The molecule has 0 bridgehead atoms. The highest BCUT2D eigenvalue weighted by Gasteiger charge is 2.45. The fraction of sp³-hybridized carbons (Fsp3) is 0.464. The zero-order valence-corrected chi connectivity index (χ0v) is 23.7. The molecule has 1 heterocycles. The molecule has 2 aromatic rings. The van der Waals surface area contributed by atoms with Crippen LogP contribution in [0.2, 0.25) is 5.02 Å². The number of carbonyl (C=O) groups excluding carboxylic acids is 3. The van der Waals surface area contributed by atoms with Gasteiger partial charge in [0.05, 0.1) is 12.6 Å². The standard InChI is InChI=1S/C28H34ClF2N3O5S/c1-2-3-12-23(26(37)33-22(17-35)15-19-13-14-32-25(19)36)40-34-27(38)39-24(18-8-5-4-6-9-18)28(30,31)20-10-7-11-21(29)16-20/h4-11,16,19,22-24,35H,2-3,12-15,17H2,1H3,(H,32,36)(H,33,37)(H,34,38)/t19-,22-,23-,24+/m0/s1. The highest BCUT2D eigenvalue weighted by Crippen LogP contribution is 2.43. The number of halogens is 3. The minimum absolute atomic E-state index is 0.0784. The molecule has 0 radical (unpaired) electrons. The maximum atomic E-state index is 15.6. The summed E-state index contributed by atoms with van der Waals surface area (Å²) in [6.07, 6.45) is -0.376. The van der Waals surface area contributed by atoms with Crippen LogP contribution in [0.1, 0.15) is 56.3 Å². The van der Waals surface area contributed by atoms with Crippen LogP contribution in [0.5, 0.6) is 0 Å². The molecule has 3 rings (SSSR count). The summed E-state index contributed by atoms with van der Waals surface area (Å²) >= 11 is 6.69. The number of rotatable bonds is 14. The van der Waals surface area contributed by atoms with E-state index in [1.807, 2.05) is 6.92 Å². The third-order valence-corrected chi connectivity index (χ3v) is 7.82. The molecule has 4 atom stereocenters. The van der Waals surface area contributed by atoms with Crippen LogP contribution in [0, 0.1) is 5.92 Å². The van der Waals surface area contributed by atoms with E-state index in [0.717, 1.165) is 24.4 Å². The van der Waals surface area contributed by atoms with Gasteiger partial charge in [0.15, 0.2) is 6.10 Å². The monoisotopic (exact) mass is 597 g/mol. The lowest BCUT2D eigenvalue weighted by Crippen LogP contribution is -2.44. The zero-order chi connectivity index (χ0) is 29.1. The van der Waals surface area contributed by atoms with Gasteiger partial charge in [-0.1, -0.05) is 73.8 Å². The van der Waals surface area contributed by atoms with Crippen LogP contribution >= 0.6 is 23.5 Å². The van der Waals surface area contributed by atoms with Gasteiger partial charge in [0, 0.05) is 23.0 Å². The number of amides is 3. The number of ether oxygens (including phenoxy) is 1. The first-order valence-corrected chi connectivity index (χ1v) is 14.4. The normalized spacial score (nSPS) is 17.4. The van der Waals surface area contributed by atoms with Crippen molar-refractivity contribution in [3.05, 3.63) is 70.7 Å². The third-order valence-electron chi connectivity index (χ3n) is 6.56. The van der Waals surface area contributed by atoms with Gasteiger partial charge >= 0.3 is 12.0 Å². The van der Waals surface area contributed by atoms with Gasteiger partial charge in [-0.15, -0.1) is 0 Å². The second kappa shape index (κ2) is 15.2. The summed E-state index contributed by atoms with van der Waals surface area (Å²) in [5, 5.41) is 14.6. The van der Waals surface area contributed by atoms with Crippen molar-refractivity contribution in [2.75, 3.05) is 13.2 Å². The molecule has 1 aliphatic rings. The van der Waals surface area contributed by atoms with E-state index < -0.39 is 40.9 Å². The van der Waals surface area contributed by atoms with E-state index in [4.69, 9.17) is 16.3 Å². The van der Waals surface area contributed by atoms with Gasteiger partial charge in [0.1, 0.15) is 5.25 Å². The van der Waals surface area contributed by atoms with Gasteiger partial charge < -0.3 is 20.5 Å². The lowest BCUT2D eigenvalue weighted by atomic mass is 9.97. The Hall–Kier alpha value is -2.89. The van der Waals surface area contributed by atoms with Crippen LogP contribution in [0.25, 0.3) is 0 Å². The van der Waals surface area contributed by atoms with E-state index in [2.05, 4.69) is 15.4 Å². The fourth-order valence-corrected chi connectivity index (χ4v) is 5.33. The molecule has 8 nitrogen and oxygen atoms in total. The largest absolute Gasteiger partial charge is 0.434 e. The predicted molar refractivity (Wildman–Crippen MR) is 150 cm³/mol. The molecule has 40 heavy (non-hydrogen) atoms. The van der Waals surface area contributed by atoms with Gasteiger partial charge in [0.2, 0.25) is 11.8 Å². The number of nitrogens with one attached hydrogen (secondary N) is 3. The molecule has 12 heteroatoms. The maximum Gasteiger partial charge on any atom is 0.418 e. The Balaban J connectivity index is 1.68. The average molecular weight is 598 g/mol. The molecule has 0 spiro atoms. The highest BCUT2D eigenvalue weighted by atomic mass is 35.5. The number of carbonyl (C=O) groups is 3. The minimum atomic E-state index is -3.62. The summed E-state index contributed by atoms with van der Waals surface area (Å²) in [4.78, 5) is 37.7. The number of aliphatic hydroxyl groups excluding tert-OH is 1. The van der Waals surface area contributed by atoms with Crippen molar-refractivity contribution in [1.82, 2.24) is 15.4 Å². The average Bonchev–Trinajstić information content (AvgIpc) is 3.35. The lowest BCUT2D eigenvalue weighted by molar-refractivity contribution is -0.124. The molecule has 3 amide bonds. The van der Waals surface area contributed by atoms with Crippen LogP contribution in [-0.4, -0.2) is 47.5 Å². The summed E-state index contributed by atoms with van der Waals surface area (Å²) < 4.78 is 38.9. The van der Waals surface area contributed by atoms with Crippen molar-refractivity contribution in [2.45, 2.75) is 62.3 Å². The number of unbranched alkanes of at least 4 members (excludes halogenated alkanes) is 1. The van der Waals surface area contributed by atoms with Crippen molar-refractivity contribution in [1.29, 1.82) is 0 Å². The molecule has 218 valence electrons. The van der Waals surface area contributed by atoms with Crippen molar-refractivity contribution in [3.8, 4) is 0 Å². The smallest absolute Gasteiger partial charge is 0.418 e. The Morgan fingerprint density at radius 3 is 2.60 bits per heavy atom. The first kappa shape index (κ1) is 31.6. The summed E-state index contributed by atoms with van der Waals surface area (Å²) in [7, 11) is 0. The Bertz CT molecular complexity index is 1140. The van der Waals surface area contributed by atoms with E-state index in [-0.39, 0.29) is 35.4 Å². The van der Waals surface area contributed by atoms with Crippen LogP contribution < -0.4 is 15.4 Å². The number of alkyl halides is 2. The molecule has 2 aromatic carbocycles. The van der Waals surface area contributed by atoms with Gasteiger partial charge in [0.25, 0.3) is 0 Å². The maximum absolute atomic E-state index is 15.6. The van der Waals surface area contributed by atoms with Crippen molar-refractivity contribution >= 4 is 41.5 Å². The lowest BCUT2D eigenvalue weighted by Gasteiger charge is -2.28. The first-order chi connectivity index (χ1) is 19.1. The molecule has 1 saturated heterocycles. The number of benzene rings is 2. The molecule has 1 fully saturated rings. The molecule has 0 unspecified atom stereocenters. The molecular weight excluding hydrogens is 564 g/mol. The van der Waals surface area contributed by atoms with Crippen molar-refractivity contribution in [3.63, 3.8) is 0 Å². The van der Waals surface area contributed by atoms with E-state index in [9.17, 15) is 19.5 Å². The second-order valence-corrected chi connectivity index (χ2v) is 11.0. The molecule has 0 aliphatic carbocycles. The van der Waals surface area contributed by atoms with Crippen LogP contribution in [-0.2, 0) is 20.2 Å². The Labute approximate surface area is 241 Å². The molecule has 0 aromatic heterocycles. The second-order valence-electron chi connectivity index (χ2n) is 9.58.